The van der Waals surface area contributed by atoms with Crippen LogP contribution in [0.15, 0.2) is 24.3 Å². The largest absolute Gasteiger partial charge is 0.484 e. The van der Waals surface area contributed by atoms with Crippen molar-refractivity contribution < 1.29 is 32.6 Å². The maximum atomic E-state index is 12.0. The molecule has 0 aliphatic rings. The van der Waals surface area contributed by atoms with Crippen LogP contribution in [-0.4, -0.2) is 48.3 Å². The van der Waals surface area contributed by atoms with E-state index in [1.54, 1.807) is 0 Å². The van der Waals surface area contributed by atoms with Crippen molar-refractivity contribution >= 4 is 11.9 Å². The molecule has 0 aliphatic heterocycles. The summed E-state index contributed by atoms with van der Waals surface area (Å²) in [4.78, 5) is 24.0. The summed E-state index contributed by atoms with van der Waals surface area (Å²) in [6.45, 7) is 0.0942. The summed E-state index contributed by atoms with van der Waals surface area (Å²) in [7, 11) is 1.45. The number of rotatable bonds is 6. The topological polar surface area (TPSA) is 66.8 Å². The molecule has 1 amide bonds. The predicted molar refractivity (Wildman–Crippen MR) is 71.8 cm³/mol. The summed E-state index contributed by atoms with van der Waals surface area (Å²) in [5.41, 5.74) is 0.236. The molecule has 0 aliphatic carbocycles. The zero-order chi connectivity index (χ0) is 16.9. The summed E-state index contributed by atoms with van der Waals surface area (Å²) in [6.07, 6.45) is -4.43. The van der Waals surface area contributed by atoms with E-state index in [4.69, 9.17) is 5.11 Å². The molecule has 0 spiro atoms. The van der Waals surface area contributed by atoms with E-state index in [9.17, 15) is 22.8 Å². The number of aliphatic carboxylic acids is 1. The van der Waals surface area contributed by atoms with E-state index in [2.05, 4.69) is 4.74 Å². The number of nitrogens with zero attached hydrogens (tertiary/aromatic N) is 1. The van der Waals surface area contributed by atoms with Gasteiger partial charge in [-0.3, -0.25) is 9.59 Å². The van der Waals surface area contributed by atoms with Crippen molar-refractivity contribution in [2.75, 3.05) is 20.2 Å². The number of benzene rings is 1. The molecule has 1 N–H and O–H groups in total. The minimum atomic E-state index is -4.43. The summed E-state index contributed by atoms with van der Waals surface area (Å²) in [5.74, 6) is -2.16. The molecule has 0 heterocycles. The average molecular weight is 319 g/mol. The van der Waals surface area contributed by atoms with Crippen LogP contribution in [-0.2, 0) is 4.79 Å². The van der Waals surface area contributed by atoms with Crippen molar-refractivity contribution in [3.63, 3.8) is 0 Å². The van der Waals surface area contributed by atoms with Crippen LogP contribution in [0.2, 0.25) is 0 Å². The number of carbonyl (C=O) groups excluding carboxylic acids is 1. The third-order valence-electron chi connectivity index (χ3n) is 2.82. The number of halogens is 3. The lowest BCUT2D eigenvalue weighted by Gasteiger charge is -2.19. The van der Waals surface area contributed by atoms with Crippen LogP contribution in [0.25, 0.3) is 0 Å². The predicted octanol–water partition coefficient (Wildman–Crippen LogP) is 2.42. The lowest BCUT2D eigenvalue weighted by atomic mass is 10.1. The normalized spacial score (nSPS) is 12.6. The first-order chi connectivity index (χ1) is 10.1. The number of carboxylic acids is 1. The summed E-state index contributed by atoms with van der Waals surface area (Å²) in [5, 5.41) is 8.80. The number of hydrogen-bond acceptors (Lipinski definition) is 3. The molecule has 1 aromatic carbocycles. The molecule has 22 heavy (non-hydrogen) atoms. The van der Waals surface area contributed by atoms with Gasteiger partial charge in [-0.15, -0.1) is 0 Å². The average Bonchev–Trinajstić information content (AvgIpc) is 2.43. The van der Waals surface area contributed by atoms with E-state index >= 15 is 0 Å². The lowest BCUT2D eigenvalue weighted by Crippen LogP contribution is -2.33. The zero-order valence-electron chi connectivity index (χ0n) is 12.1. The highest BCUT2D eigenvalue weighted by Crippen LogP contribution is 2.19. The van der Waals surface area contributed by atoms with Crippen molar-refractivity contribution in [3.05, 3.63) is 29.8 Å². The van der Waals surface area contributed by atoms with E-state index in [1.165, 1.54) is 43.1 Å². The van der Waals surface area contributed by atoms with E-state index in [0.29, 0.717) is 0 Å². The first-order valence-electron chi connectivity index (χ1n) is 6.38. The fourth-order valence-electron chi connectivity index (χ4n) is 1.65. The van der Waals surface area contributed by atoms with Crippen molar-refractivity contribution in [3.8, 4) is 5.75 Å². The monoisotopic (exact) mass is 319 g/mol. The van der Waals surface area contributed by atoms with Crippen molar-refractivity contribution in [1.82, 2.24) is 4.90 Å². The quantitative estimate of drug-likeness (QED) is 0.874. The number of amides is 1. The second-order valence-electron chi connectivity index (χ2n) is 4.85. The van der Waals surface area contributed by atoms with Gasteiger partial charge in [0.05, 0.1) is 5.92 Å². The van der Waals surface area contributed by atoms with Crippen LogP contribution >= 0.6 is 0 Å². The van der Waals surface area contributed by atoms with E-state index < -0.39 is 30.6 Å². The molecule has 122 valence electrons. The molecule has 1 atom stereocenters. The minimum absolute atomic E-state index is 0.00423. The van der Waals surface area contributed by atoms with Crippen LogP contribution < -0.4 is 4.74 Å². The van der Waals surface area contributed by atoms with E-state index in [0.717, 1.165) is 0 Å². The third-order valence-corrected chi connectivity index (χ3v) is 2.82. The van der Waals surface area contributed by atoms with Crippen LogP contribution in [0, 0.1) is 5.92 Å². The van der Waals surface area contributed by atoms with Gasteiger partial charge in [-0.05, 0) is 24.3 Å². The highest BCUT2D eigenvalue weighted by Gasteiger charge is 2.28. The van der Waals surface area contributed by atoms with Crippen LogP contribution in [0.5, 0.6) is 5.75 Å². The lowest BCUT2D eigenvalue weighted by molar-refractivity contribution is -0.153. The number of alkyl halides is 3. The number of carbonyl (C=O) groups is 2. The number of hydrogen-bond donors (Lipinski definition) is 1. The third kappa shape index (κ3) is 5.63. The van der Waals surface area contributed by atoms with Crippen molar-refractivity contribution in [2.24, 2.45) is 5.92 Å². The van der Waals surface area contributed by atoms with Gasteiger partial charge in [-0.2, -0.15) is 13.2 Å². The molecule has 8 heteroatoms. The fourth-order valence-corrected chi connectivity index (χ4v) is 1.65. The first-order valence-corrected chi connectivity index (χ1v) is 6.38. The van der Waals surface area contributed by atoms with Gasteiger partial charge in [0.1, 0.15) is 5.75 Å². The SMILES string of the molecule is CC(CN(C)C(=O)c1ccc(OCC(F)(F)F)cc1)C(=O)O. The molecule has 0 radical (unpaired) electrons. The maximum Gasteiger partial charge on any atom is 0.422 e. The molecular formula is C14H16F3NO4. The van der Waals surface area contributed by atoms with Gasteiger partial charge in [0.15, 0.2) is 6.61 Å². The molecule has 1 aromatic rings. The van der Waals surface area contributed by atoms with Crippen LogP contribution in [0.4, 0.5) is 13.2 Å². The molecule has 0 fully saturated rings. The summed E-state index contributed by atoms with van der Waals surface area (Å²) >= 11 is 0. The first kappa shape index (κ1) is 17.8. The Hall–Kier alpha value is -2.25. The maximum absolute atomic E-state index is 12.0. The molecule has 0 bridgehead atoms. The highest BCUT2D eigenvalue weighted by atomic mass is 19.4. The Morgan fingerprint density at radius 3 is 2.27 bits per heavy atom. The Labute approximate surface area is 125 Å². The van der Waals surface area contributed by atoms with Gasteiger partial charge in [-0.1, -0.05) is 6.92 Å². The Morgan fingerprint density at radius 2 is 1.82 bits per heavy atom. The number of carboxylic acid groups (broad SMARTS) is 1. The van der Waals surface area contributed by atoms with E-state index in [1.807, 2.05) is 0 Å². The van der Waals surface area contributed by atoms with Crippen molar-refractivity contribution in [1.29, 1.82) is 0 Å². The second kappa shape index (κ2) is 7.15. The van der Waals surface area contributed by atoms with Gasteiger partial charge in [0.2, 0.25) is 0 Å². The smallest absolute Gasteiger partial charge is 0.422 e. The molecule has 0 saturated heterocycles. The molecule has 0 saturated carbocycles. The fraction of sp³-hybridized carbons (Fsp3) is 0.429. The summed E-state index contributed by atoms with van der Waals surface area (Å²) in [6, 6.07) is 5.17. The molecule has 1 rings (SSSR count). The number of ether oxygens (including phenoxy) is 1. The highest BCUT2D eigenvalue weighted by molar-refractivity contribution is 5.94. The van der Waals surface area contributed by atoms with Gasteiger partial charge in [0.25, 0.3) is 5.91 Å². The Bertz CT molecular complexity index is 528. The van der Waals surface area contributed by atoms with Gasteiger partial charge in [0, 0.05) is 19.2 Å². The van der Waals surface area contributed by atoms with Crippen LogP contribution in [0.3, 0.4) is 0 Å². The molecular weight excluding hydrogens is 303 g/mol. The van der Waals surface area contributed by atoms with Gasteiger partial charge >= 0.3 is 12.1 Å². The Kier molecular flexibility index (Phi) is 5.78. The molecule has 5 nitrogen and oxygen atoms in total. The standard InChI is InChI=1S/C14H16F3NO4/c1-9(13(20)21)7-18(2)12(19)10-3-5-11(6-4-10)22-8-14(15,16)17/h3-6,9H,7-8H2,1-2H3,(H,20,21). The zero-order valence-corrected chi connectivity index (χ0v) is 12.1. The molecule has 1 unspecified atom stereocenters. The minimum Gasteiger partial charge on any atom is -0.484 e. The Balaban J connectivity index is 2.65. The van der Waals surface area contributed by atoms with Gasteiger partial charge < -0.3 is 14.7 Å². The van der Waals surface area contributed by atoms with Crippen molar-refractivity contribution in [2.45, 2.75) is 13.1 Å². The van der Waals surface area contributed by atoms with Gasteiger partial charge in [-0.25, -0.2) is 0 Å². The van der Waals surface area contributed by atoms with Crippen LogP contribution in [0.1, 0.15) is 17.3 Å². The van der Waals surface area contributed by atoms with E-state index in [-0.39, 0.29) is 17.9 Å². The Morgan fingerprint density at radius 1 is 1.27 bits per heavy atom. The summed E-state index contributed by atoms with van der Waals surface area (Å²) < 4.78 is 40.6. The molecule has 0 aromatic heterocycles. The second-order valence-corrected chi connectivity index (χ2v) is 4.85.